The molecule has 1 saturated heterocycles. The van der Waals surface area contributed by atoms with Gasteiger partial charge in [-0.2, -0.15) is 13.2 Å². The molecule has 1 aliphatic heterocycles. The third-order valence-corrected chi connectivity index (χ3v) is 5.60. The Hall–Kier alpha value is -1.80. The summed E-state index contributed by atoms with van der Waals surface area (Å²) in [6, 6.07) is 4.83. The number of hydrogen-bond acceptors (Lipinski definition) is 3. The van der Waals surface area contributed by atoms with Crippen molar-refractivity contribution < 1.29 is 27.9 Å². The van der Waals surface area contributed by atoms with Gasteiger partial charge in [-0.05, 0) is 43.9 Å². The highest BCUT2D eigenvalue weighted by atomic mass is 35.5. The molecule has 9 heteroatoms. The van der Waals surface area contributed by atoms with Crippen molar-refractivity contribution >= 4 is 23.4 Å². The van der Waals surface area contributed by atoms with Crippen LogP contribution < -0.4 is 0 Å². The van der Waals surface area contributed by atoms with Crippen molar-refractivity contribution in [3.8, 4) is 0 Å². The monoisotopic (exact) mass is 420 g/mol. The van der Waals surface area contributed by atoms with Gasteiger partial charge in [-0.3, -0.25) is 9.59 Å². The maximum Gasteiger partial charge on any atom is 0.426 e. The van der Waals surface area contributed by atoms with Crippen LogP contribution in [-0.2, 0) is 4.79 Å². The van der Waals surface area contributed by atoms with Crippen molar-refractivity contribution in [2.75, 3.05) is 20.1 Å². The number of nitrogens with zero attached hydrogens (tertiary/aromatic N) is 2. The first-order valence-corrected chi connectivity index (χ1v) is 9.27. The molecule has 0 aliphatic carbocycles. The number of aliphatic hydroxyl groups is 1. The maximum atomic E-state index is 12.9. The zero-order valence-corrected chi connectivity index (χ0v) is 16.9. The molecule has 3 atom stereocenters. The van der Waals surface area contributed by atoms with E-state index in [1.54, 1.807) is 32.2 Å². The third kappa shape index (κ3) is 4.27. The van der Waals surface area contributed by atoms with Gasteiger partial charge in [0.1, 0.15) is 0 Å². The van der Waals surface area contributed by atoms with Crippen LogP contribution in [0.4, 0.5) is 13.2 Å². The lowest BCUT2D eigenvalue weighted by atomic mass is 9.90. The number of hydrogen-bond donors (Lipinski definition) is 1. The zero-order chi connectivity index (χ0) is 21.4. The maximum absolute atomic E-state index is 12.9. The number of carbonyl (C=O) groups is 2. The second-order valence-electron chi connectivity index (χ2n) is 7.55. The summed E-state index contributed by atoms with van der Waals surface area (Å²) in [7, 11) is 1.61. The number of rotatable bonds is 3. The van der Waals surface area contributed by atoms with Crippen LogP contribution in [-0.4, -0.2) is 64.7 Å². The second kappa shape index (κ2) is 7.91. The predicted molar refractivity (Wildman–Crippen MR) is 99.1 cm³/mol. The van der Waals surface area contributed by atoms with Gasteiger partial charge in [0.15, 0.2) is 0 Å². The molecule has 1 N–H and O–H groups in total. The number of benzene rings is 1. The summed E-state index contributed by atoms with van der Waals surface area (Å²) in [5.74, 6) is -1.94. The van der Waals surface area contributed by atoms with Gasteiger partial charge in [0.25, 0.3) is 11.8 Å². The molecule has 5 nitrogen and oxygen atoms in total. The highest BCUT2D eigenvalue weighted by Crippen LogP contribution is 2.33. The fourth-order valence-corrected chi connectivity index (χ4v) is 3.77. The third-order valence-electron chi connectivity index (χ3n) is 5.29. The standard InChI is InChI=1S/C19H24ClF3N2O3/c1-11-5-6-13(14(20)9-11)16(26)24(4)15-7-8-25(10-12(15)2)17(27)18(3,28)19(21,22)23/h5-6,9,12,15,28H,7-8,10H2,1-4H3. The summed E-state index contributed by atoms with van der Waals surface area (Å²) in [5, 5.41) is 9.96. The average Bonchev–Trinajstić information content (AvgIpc) is 2.58. The lowest BCUT2D eigenvalue weighted by molar-refractivity contribution is -0.251. The molecule has 28 heavy (non-hydrogen) atoms. The Bertz CT molecular complexity index is 767. The van der Waals surface area contributed by atoms with Crippen LogP contribution in [0.3, 0.4) is 0 Å². The van der Waals surface area contributed by atoms with E-state index in [0.29, 0.717) is 23.9 Å². The number of amides is 2. The van der Waals surface area contributed by atoms with Crippen molar-refractivity contribution in [3.63, 3.8) is 0 Å². The zero-order valence-electron chi connectivity index (χ0n) is 16.2. The van der Waals surface area contributed by atoms with Crippen LogP contribution >= 0.6 is 11.6 Å². The Morgan fingerprint density at radius 2 is 1.93 bits per heavy atom. The van der Waals surface area contributed by atoms with Crippen LogP contribution in [0, 0.1) is 12.8 Å². The fourth-order valence-electron chi connectivity index (χ4n) is 3.46. The van der Waals surface area contributed by atoms with Crippen molar-refractivity contribution in [2.45, 2.75) is 45.0 Å². The molecule has 1 aromatic carbocycles. The molecular weight excluding hydrogens is 397 g/mol. The molecule has 1 aliphatic rings. The van der Waals surface area contributed by atoms with Gasteiger partial charge in [0.05, 0.1) is 10.6 Å². The van der Waals surface area contributed by atoms with Gasteiger partial charge in [-0.1, -0.05) is 24.6 Å². The van der Waals surface area contributed by atoms with E-state index in [-0.39, 0.29) is 31.0 Å². The van der Waals surface area contributed by atoms with Crippen LogP contribution in [0.1, 0.15) is 36.2 Å². The minimum absolute atomic E-state index is 0.00891. The number of aryl methyl sites for hydroxylation is 1. The van der Waals surface area contributed by atoms with Gasteiger partial charge < -0.3 is 14.9 Å². The Morgan fingerprint density at radius 3 is 2.43 bits per heavy atom. The van der Waals surface area contributed by atoms with E-state index < -0.39 is 17.7 Å². The summed E-state index contributed by atoms with van der Waals surface area (Å²) in [4.78, 5) is 27.5. The number of alkyl halides is 3. The lowest BCUT2D eigenvalue weighted by Gasteiger charge is -2.43. The summed E-state index contributed by atoms with van der Waals surface area (Å²) in [5.41, 5.74) is -2.17. The lowest BCUT2D eigenvalue weighted by Crippen LogP contribution is -2.60. The minimum Gasteiger partial charge on any atom is -0.373 e. The van der Waals surface area contributed by atoms with E-state index in [1.165, 1.54) is 4.90 Å². The van der Waals surface area contributed by atoms with Crippen molar-refractivity contribution in [2.24, 2.45) is 5.92 Å². The molecule has 156 valence electrons. The first-order chi connectivity index (χ1) is 12.8. The van der Waals surface area contributed by atoms with Crippen LogP contribution in [0.5, 0.6) is 0 Å². The molecule has 1 aromatic rings. The first-order valence-electron chi connectivity index (χ1n) is 8.89. The molecule has 2 rings (SSSR count). The number of halogens is 4. The highest BCUT2D eigenvalue weighted by Gasteiger charge is 2.57. The van der Waals surface area contributed by atoms with E-state index in [2.05, 4.69) is 0 Å². The number of piperidine rings is 1. The normalized spacial score (nSPS) is 22.5. The second-order valence-corrected chi connectivity index (χ2v) is 7.96. The van der Waals surface area contributed by atoms with Crippen molar-refractivity contribution in [1.82, 2.24) is 9.80 Å². The minimum atomic E-state index is -5.06. The van der Waals surface area contributed by atoms with E-state index in [4.69, 9.17) is 11.6 Å². The molecule has 0 aromatic heterocycles. The van der Waals surface area contributed by atoms with E-state index >= 15 is 0 Å². The Morgan fingerprint density at radius 1 is 1.32 bits per heavy atom. The highest BCUT2D eigenvalue weighted by molar-refractivity contribution is 6.33. The predicted octanol–water partition coefficient (Wildman–Crippen LogP) is 3.27. The van der Waals surface area contributed by atoms with Gasteiger partial charge in [0.2, 0.25) is 5.60 Å². The molecule has 1 fully saturated rings. The van der Waals surface area contributed by atoms with Gasteiger partial charge >= 0.3 is 6.18 Å². The number of likely N-dealkylation sites (tertiary alicyclic amines) is 1. The van der Waals surface area contributed by atoms with Crippen molar-refractivity contribution in [1.29, 1.82) is 0 Å². The largest absolute Gasteiger partial charge is 0.426 e. The Labute approximate surface area is 167 Å². The van der Waals surface area contributed by atoms with E-state index in [0.717, 1.165) is 10.5 Å². The SMILES string of the molecule is Cc1ccc(C(=O)N(C)C2CCN(C(=O)C(C)(O)C(F)(F)F)CC2C)c(Cl)c1. The van der Waals surface area contributed by atoms with Crippen molar-refractivity contribution in [3.05, 3.63) is 34.3 Å². The molecule has 2 amide bonds. The molecule has 1 heterocycles. The van der Waals surface area contributed by atoms with Crippen LogP contribution in [0.25, 0.3) is 0 Å². The summed E-state index contributed by atoms with van der Waals surface area (Å²) in [6.45, 7) is 4.09. The van der Waals surface area contributed by atoms with Crippen LogP contribution in [0.15, 0.2) is 18.2 Å². The quantitative estimate of drug-likeness (QED) is 0.816. The Kier molecular flexibility index (Phi) is 6.35. The van der Waals surface area contributed by atoms with Gasteiger partial charge in [-0.15, -0.1) is 0 Å². The molecule has 0 spiro atoms. The van der Waals surface area contributed by atoms with E-state index in [9.17, 15) is 27.9 Å². The number of carbonyl (C=O) groups excluding carboxylic acids is 2. The van der Waals surface area contributed by atoms with E-state index in [1.807, 2.05) is 6.92 Å². The smallest absolute Gasteiger partial charge is 0.373 e. The van der Waals surface area contributed by atoms with Gasteiger partial charge in [0, 0.05) is 26.2 Å². The summed E-state index contributed by atoms with van der Waals surface area (Å²) >= 11 is 6.17. The summed E-state index contributed by atoms with van der Waals surface area (Å²) < 4.78 is 38.8. The molecule has 0 bridgehead atoms. The molecule has 3 unspecified atom stereocenters. The Balaban J connectivity index is 2.11. The average molecular weight is 421 g/mol. The van der Waals surface area contributed by atoms with Crippen LogP contribution in [0.2, 0.25) is 5.02 Å². The fraction of sp³-hybridized carbons (Fsp3) is 0.579. The van der Waals surface area contributed by atoms with Gasteiger partial charge in [-0.25, -0.2) is 0 Å². The summed E-state index contributed by atoms with van der Waals surface area (Å²) in [6.07, 6.45) is -4.76. The molecule has 0 saturated carbocycles. The molecule has 0 radical (unpaired) electrons. The first kappa shape index (κ1) is 22.5. The topological polar surface area (TPSA) is 60.9 Å². The molecular formula is C19H24ClF3N2O3.